The number of benzene rings is 1. The SMILES string of the molecule is COC(=O)CC(C)CNC(=O)COc1c(C(=O)OC)sc(-c2cccc(C3CC(C)(C)CC(C)(C)C3)c2)c1C. The second-order valence-electron chi connectivity index (χ2n) is 12.4. The Bertz CT molecular complexity index is 1180. The van der Waals surface area contributed by atoms with Crippen LogP contribution in [0.3, 0.4) is 0 Å². The third-order valence-electron chi connectivity index (χ3n) is 7.38. The molecule has 1 aromatic heterocycles. The van der Waals surface area contributed by atoms with Crippen LogP contribution < -0.4 is 10.1 Å². The predicted molar refractivity (Wildman–Crippen MR) is 154 cm³/mol. The number of carbonyl (C=O) groups excluding carboxylic acids is 3. The van der Waals surface area contributed by atoms with Crippen LogP contribution in [0, 0.1) is 23.7 Å². The Kier molecular flexibility index (Phi) is 9.86. The number of hydrogen-bond donors (Lipinski definition) is 1. The van der Waals surface area contributed by atoms with Crippen LogP contribution in [0.15, 0.2) is 24.3 Å². The maximum atomic E-state index is 12.6. The van der Waals surface area contributed by atoms with E-state index >= 15 is 0 Å². The van der Waals surface area contributed by atoms with Gasteiger partial charge in [-0.25, -0.2) is 4.79 Å². The minimum atomic E-state index is -0.497. The highest BCUT2D eigenvalue weighted by Gasteiger charge is 2.39. The second kappa shape index (κ2) is 12.5. The van der Waals surface area contributed by atoms with Crippen LogP contribution in [0.2, 0.25) is 0 Å². The fourth-order valence-electron chi connectivity index (χ4n) is 6.11. The molecular formula is C31H43NO6S. The van der Waals surface area contributed by atoms with E-state index in [1.54, 1.807) is 0 Å². The second-order valence-corrected chi connectivity index (χ2v) is 13.4. The van der Waals surface area contributed by atoms with E-state index < -0.39 is 5.97 Å². The lowest BCUT2D eigenvalue weighted by Crippen LogP contribution is -2.33. The number of amides is 1. The van der Waals surface area contributed by atoms with Crippen molar-refractivity contribution in [1.82, 2.24) is 5.32 Å². The molecule has 1 atom stereocenters. The van der Waals surface area contributed by atoms with Gasteiger partial charge in [-0.05, 0) is 60.0 Å². The van der Waals surface area contributed by atoms with Gasteiger partial charge in [0.15, 0.2) is 11.5 Å². The summed E-state index contributed by atoms with van der Waals surface area (Å²) in [6.45, 7) is 13.3. The molecule has 0 radical (unpaired) electrons. The highest BCUT2D eigenvalue weighted by Crippen LogP contribution is 2.52. The summed E-state index contributed by atoms with van der Waals surface area (Å²) >= 11 is 1.32. The molecule has 1 saturated carbocycles. The number of ether oxygens (including phenoxy) is 3. The van der Waals surface area contributed by atoms with Gasteiger partial charge in [-0.2, -0.15) is 0 Å². The lowest BCUT2D eigenvalue weighted by atomic mass is 9.60. The summed E-state index contributed by atoms with van der Waals surface area (Å²) in [5, 5.41) is 2.78. The van der Waals surface area contributed by atoms with E-state index in [4.69, 9.17) is 9.47 Å². The minimum absolute atomic E-state index is 0.0749. The summed E-state index contributed by atoms with van der Waals surface area (Å²) in [7, 11) is 2.68. The van der Waals surface area contributed by atoms with Gasteiger partial charge >= 0.3 is 11.9 Å². The molecule has 7 nitrogen and oxygen atoms in total. The Hall–Kier alpha value is -2.87. The third kappa shape index (κ3) is 8.07. The van der Waals surface area contributed by atoms with E-state index in [9.17, 15) is 14.4 Å². The predicted octanol–water partition coefficient (Wildman–Crippen LogP) is 6.52. The Morgan fingerprint density at radius 1 is 1.08 bits per heavy atom. The lowest BCUT2D eigenvalue weighted by molar-refractivity contribution is -0.141. The molecule has 1 fully saturated rings. The van der Waals surface area contributed by atoms with Gasteiger partial charge in [-0.3, -0.25) is 9.59 Å². The van der Waals surface area contributed by atoms with Crippen molar-refractivity contribution in [2.75, 3.05) is 27.4 Å². The zero-order valence-corrected chi connectivity index (χ0v) is 25.4. The van der Waals surface area contributed by atoms with Crippen molar-refractivity contribution in [1.29, 1.82) is 0 Å². The molecule has 0 saturated heterocycles. The van der Waals surface area contributed by atoms with Crippen molar-refractivity contribution in [2.45, 2.75) is 73.1 Å². The van der Waals surface area contributed by atoms with Crippen molar-refractivity contribution in [3.8, 4) is 16.2 Å². The molecule has 1 N–H and O–H groups in total. The van der Waals surface area contributed by atoms with Crippen molar-refractivity contribution < 1.29 is 28.6 Å². The molecule has 1 heterocycles. The number of hydrogen-bond acceptors (Lipinski definition) is 7. The van der Waals surface area contributed by atoms with E-state index in [0.29, 0.717) is 23.1 Å². The van der Waals surface area contributed by atoms with E-state index in [0.717, 1.165) is 28.8 Å². The molecule has 1 aliphatic rings. The first-order valence-electron chi connectivity index (χ1n) is 13.5. The average Bonchev–Trinajstić information content (AvgIpc) is 3.19. The molecule has 0 aliphatic heterocycles. The van der Waals surface area contributed by atoms with Gasteiger partial charge in [-0.1, -0.05) is 58.9 Å². The number of carbonyl (C=O) groups is 3. The summed E-state index contributed by atoms with van der Waals surface area (Å²) in [5.41, 5.74) is 3.69. The molecule has 1 aromatic carbocycles. The number of methoxy groups -OCH3 is 2. The molecule has 1 unspecified atom stereocenters. The molecule has 39 heavy (non-hydrogen) atoms. The van der Waals surface area contributed by atoms with Gasteiger partial charge in [0.25, 0.3) is 5.91 Å². The van der Waals surface area contributed by atoms with Crippen LogP contribution in [0.4, 0.5) is 0 Å². The summed E-state index contributed by atoms with van der Waals surface area (Å²) in [6, 6.07) is 8.58. The standard InChI is InChI=1S/C31H43NO6S/c1-19(12-25(34)36-7)16-32-24(33)17-38-26-20(2)27(39-28(26)29(35)37-8)22-11-9-10-21(13-22)23-14-30(3,4)18-31(5,6)15-23/h9-11,13,19,23H,12,14-18H2,1-8H3,(H,32,33). The number of thiophene rings is 1. The smallest absolute Gasteiger partial charge is 0.351 e. The molecule has 8 heteroatoms. The van der Waals surface area contributed by atoms with E-state index in [-0.39, 0.29) is 41.7 Å². The van der Waals surface area contributed by atoms with Crippen LogP contribution >= 0.6 is 11.3 Å². The highest BCUT2D eigenvalue weighted by molar-refractivity contribution is 7.18. The van der Waals surface area contributed by atoms with Gasteiger partial charge in [0.2, 0.25) is 0 Å². The number of esters is 2. The van der Waals surface area contributed by atoms with Crippen LogP contribution in [-0.2, 0) is 19.1 Å². The van der Waals surface area contributed by atoms with E-state index in [1.165, 1.54) is 37.5 Å². The van der Waals surface area contributed by atoms with Gasteiger partial charge < -0.3 is 19.5 Å². The minimum Gasteiger partial charge on any atom is -0.482 e. The Balaban J connectivity index is 1.81. The van der Waals surface area contributed by atoms with Gasteiger partial charge in [-0.15, -0.1) is 11.3 Å². The maximum absolute atomic E-state index is 12.6. The number of nitrogens with one attached hydrogen (secondary N) is 1. The Labute approximate surface area is 236 Å². The van der Waals surface area contributed by atoms with E-state index in [1.807, 2.05) is 13.8 Å². The summed E-state index contributed by atoms with van der Waals surface area (Å²) < 4.78 is 15.6. The van der Waals surface area contributed by atoms with Crippen molar-refractivity contribution >= 4 is 29.2 Å². The molecule has 0 spiro atoms. The van der Waals surface area contributed by atoms with Crippen LogP contribution in [-0.4, -0.2) is 45.2 Å². The van der Waals surface area contributed by atoms with Crippen molar-refractivity contribution in [3.63, 3.8) is 0 Å². The van der Waals surface area contributed by atoms with Crippen LogP contribution in [0.5, 0.6) is 5.75 Å². The van der Waals surface area contributed by atoms with Crippen LogP contribution in [0.1, 0.15) is 87.0 Å². The Morgan fingerprint density at radius 3 is 2.36 bits per heavy atom. The molecule has 3 rings (SSSR count). The molecule has 1 aliphatic carbocycles. The summed E-state index contributed by atoms with van der Waals surface area (Å²) in [4.78, 5) is 37.8. The first-order valence-corrected chi connectivity index (χ1v) is 14.3. The maximum Gasteiger partial charge on any atom is 0.351 e. The zero-order valence-electron chi connectivity index (χ0n) is 24.6. The first-order chi connectivity index (χ1) is 18.2. The van der Waals surface area contributed by atoms with E-state index in [2.05, 4.69) is 62.0 Å². The zero-order chi connectivity index (χ0) is 29.0. The molecule has 2 aromatic rings. The normalized spacial score (nSPS) is 17.2. The van der Waals surface area contributed by atoms with Gasteiger partial charge in [0, 0.05) is 23.4 Å². The third-order valence-corrected chi connectivity index (χ3v) is 8.68. The molecule has 1 amide bonds. The molecule has 0 bridgehead atoms. The highest BCUT2D eigenvalue weighted by atomic mass is 32.1. The summed E-state index contributed by atoms with van der Waals surface area (Å²) in [6.07, 6.45) is 3.70. The van der Waals surface area contributed by atoms with Crippen molar-refractivity contribution in [2.24, 2.45) is 16.7 Å². The topological polar surface area (TPSA) is 90.9 Å². The average molecular weight is 558 g/mol. The number of rotatable bonds is 10. The Morgan fingerprint density at radius 2 is 1.74 bits per heavy atom. The fraction of sp³-hybridized carbons (Fsp3) is 0.581. The quantitative estimate of drug-likeness (QED) is 0.334. The molecular weight excluding hydrogens is 514 g/mol. The van der Waals surface area contributed by atoms with Gasteiger partial charge in [0.05, 0.1) is 14.2 Å². The van der Waals surface area contributed by atoms with Crippen LogP contribution in [0.25, 0.3) is 10.4 Å². The largest absolute Gasteiger partial charge is 0.482 e. The lowest BCUT2D eigenvalue weighted by Gasteiger charge is -2.45. The summed E-state index contributed by atoms with van der Waals surface area (Å²) in [5.74, 6) is -0.399. The monoisotopic (exact) mass is 557 g/mol. The van der Waals surface area contributed by atoms with Crippen molar-refractivity contribution in [3.05, 3.63) is 40.3 Å². The molecule has 214 valence electrons. The fourth-order valence-corrected chi connectivity index (χ4v) is 7.27. The first kappa shape index (κ1) is 30.7. The van der Waals surface area contributed by atoms with Gasteiger partial charge in [0.1, 0.15) is 5.75 Å².